The van der Waals surface area contributed by atoms with E-state index in [2.05, 4.69) is 4.98 Å². The van der Waals surface area contributed by atoms with E-state index in [1.54, 1.807) is 25.3 Å². The second-order valence-corrected chi connectivity index (χ2v) is 6.97. The molecule has 1 unspecified atom stereocenters. The first-order valence-corrected chi connectivity index (χ1v) is 8.37. The fourth-order valence-electron chi connectivity index (χ4n) is 3.01. The molecule has 0 saturated carbocycles. The Morgan fingerprint density at radius 1 is 1.29 bits per heavy atom. The first-order valence-electron chi connectivity index (χ1n) is 8.37. The molecule has 1 fully saturated rings. The molecule has 1 amide bonds. The number of hydrogen-bond donors (Lipinski definition) is 0. The van der Waals surface area contributed by atoms with Crippen molar-refractivity contribution in [3.8, 4) is 0 Å². The second kappa shape index (κ2) is 7.94. The Balaban J connectivity index is 2.32. The highest BCUT2D eigenvalue weighted by atomic mass is 16.7. The molecule has 2 rings (SSSR count). The molecule has 2 heterocycles. The van der Waals surface area contributed by atoms with Gasteiger partial charge in [0.25, 0.3) is 0 Å². The summed E-state index contributed by atoms with van der Waals surface area (Å²) in [6, 6.07) is 3.66. The van der Waals surface area contributed by atoms with E-state index in [1.165, 1.54) is 0 Å². The van der Waals surface area contributed by atoms with E-state index in [9.17, 15) is 4.79 Å². The van der Waals surface area contributed by atoms with Gasteiger partial charge < -0.3 is 14.2 Å². The summed E-state index contributed by atoms with van der Waals surface area (Å²) in [4.78, 5) is 19.0. The molecule has 1 aromatic rings. The number of rotatable bonds is 4. The summed E-state index contributed by atoms with van der Waals surface area (Å²) in [5, 5.41) is 0. The van der Waals surface area contributed by atoms with Gasteiger partial charge in [0.05, 0.1) is 11.7 Å². The summed E-state index contributed by atoms with van der Waals surface area (Å²) in [6.45, 7) is 6.30. The van der Waals surface area contributed by atoms with Gasteiger partial charge in [-0.2, -0.15) is 0 Å². The van der Waals surface area contributed by atoms with Gasteiger partial charge in [-0.3, -0.25) is 9.88 Å². The van der Waals surface area contributed by atoms with Crippen LogP contribution in [0.3, 0.4) is 0 Å². The molecular weight excluding hydrogens is 308 g/mol. The van der Waals surface area contributed by atoms with Crippen LogP contribution in [0.1, 0.15) is 63.6 Å². The molecule has 6 heteroatoms. The lowest BCUT2D eigenvalue weighted by Gasteiger charge is -2.37. The number of nitrogens with zero attached hydrogens (tertiary/aromatic N) is 2. The molecule has 0 spiro atoms. The zero-order valence-corrected chi connectivity index (χ0v) is 15.2. The summed E-state index contributed by atoms with van der Waals surface area (Å²) < 4.78 is 16.4. The van der Waals surface area contributed by atoms with Crippen molar-refractivity contribution < 1.29 is 19.0 Å². The minimum atomic E-state index is -0.520. The van der Waals surface area contributed by atoms with E-state index in [-0.39, 0.29) is 12.1 Å². The van der Waals surface area contributed by atoms with Gasteiger partial charge in [0, 0.05) is 32.5 Å². The van der Waals surface area contributed by atoms with Gasteiger partial charge in [0.15, 0.2) is 6.29 Å². The van der Waals surface area contributed by atoms with Crippen LogP contribution in [0.25, 0.3) is 0 Å². The molecule has 24 heavy (non-hydrogen) atoms. The number of methoxy groups -OCH3 is 2. The standard InChI is InChI=1S/C18H28N2O4/c1-18(2,3)24-17(21)20-12-7-6-10-14(20)15-13(9-8-11-19-15)16(22-4)23-5/h8-9,11,14,16H,6-7,10,12H2,1-5H3. The normalized spacial score (nSPS) is 18.8. The van der Waals surface area contributed by atoms with Crippen molar-refractivity contribution >= 4 is 6.09 Å². The number of carbonyl (C=O) groups excluding carboxylic acids is 1. The van der Waals surface area contributed by atoms with Gasteiger partial charge >= 0.3 is 6.09 Å². The molecule has 1 saturated heterocycles. The highest BCUT2D eigenvalue weighted by molar-refractivity contribution is 5.69. The number of hydrogen-bond acceptors (Lipinski definition) is 5. The van der Waals surface area contributed by atoms with Gasteiger partial charge in [-0.25, -0.2) is 4.79 Å². The van der Waals surface area contributed by atoms with Crippen molar-refractivity contribution in [2.45, 2.75) is 58.0 Å². The van der Waals surface area contributed by atoms with Crippen LogP contribution >= 0.6 is 0 Å². The molecule has 0 aliphatic carbocycles. The molecule has 134 valence electrons. The van der Waals surface area contributed by atoms with E-state index >= 15 is 0 Å². The molecule has 1 atom stereocenters. The molecule has 1 aromatic heterocycles. The van der Waals surface area contributed by atoms with E-state index in [0.29, 0.717) is 6.54 Å². The molecule has 1 aliphatic rings. The fourth-order valence-corrected chi connectivity index (χ4v) is 3.01. The summed E-state index contributed by atoms with van der Waals surface area (Å²) in [5.74, 6) is 0. The van der Waals surface area contributed by atoms with E-state index < -0.39 is 11.9 Å². The highest BCUT2D eigenvalue weighted by Crippen LogP contribution is 2.35. The summed E-state index contributed by atoms with van der Waals surface area (Å²) in [6.07, 6.45) is 3.80. The monoisotopic (exact) mass is 336 g/mol. The van der Waals surface area contributed by atoms with Crippen LogP contribution in [-0.4, -0.2) is 42.3 Å². The minimum absolute atomic E-state index is 0.127. The topological polar surface area (TPSA) is 60.9 Å². The third-order valence-corrected chi connectivity index (χ3v) is 4.00. The molecule has 0 bridgehead atoms. The van der Waals surface area contributed by atoms with Crippen LogP contribution in [-0.2, 0) is 14.2 Å². The van der Waals surface area contributed by atoms with Crippen LogP contribution in [0.2, 0.25) is 0 Å². The van der Waals surface area contributed by atoms with Crippen LogP contribution in [0.4, 0.5) is 4.79 Å². The maximum atomic E-state index is 12.6. The van der Waals surface area contributed by atoms with Crippen molar-refractivity contribution in [2.24, 2.45) is 0 Å². The number of piperidine rings is 1. The van der Waals surface area contributed by atoms with E-state index in [4.69, 9.17) is 14.2 Å². The predicted molar refractivity (Wildman–Crippen MR) is 90.5 cm³/mol. The summed E-state index contributed by atoms with van der Waals surface area (Å²) >= 11 is 0. The summed E-state index contributed by atoms with van der Waals surface area (Å²) in [7, 11) is 3.19. The molecule has 0 aromatic carbocycles. The van der Waals surface area contributed by atoms with Crippen LogP contribution < -0.4 is 0 Å². The quantitative estimate of drug-likeness (QED) is 0.782. The van der Waals surface area contributed by atoms with E-state index in [1.807, 2.05) is 32.9 Å². The number of ether oxygens (including phenoxy) is 3. The van der Waals surface area contributed by atoms with Crippen molar-refractivity contribution in [3.63, 3.8) is 0 Å². The molecule has 6 nitrogen and oxygen atoms in total. The van der Waals surface area contributed by atoms with Gasteiger partial charge in [0.2, 0.25) is 0 Å². The lowest BCUT2D eigenvalue weighted by molar-refractivity contribution is -0.107. The number of carbonyl (C=O) groups is 1. The van der Waals surface area contributed by atoms with Crippen LogP contribution in [0, 0.1) is 0 Å². The van der Waals surface area contributed by atoms with Crippen LogP contribution in [0.5, 0.6) is 0 Å². The van der Waals surface area contributed by atoms with Crippen molar-refractivity contribution in [3.05, 3.63) is 29.6 Å². The number of likely N-dealkylation sites (tertiary alicyclic amines) is 1. The Kier molecular flexibility index (Phi) is 6.18. The maximum Gasteiger partial charge on any atom is 0.410 e. The Hall–Kier alpha value is -1.66. The summed E-state index contributed by atoms with van der Waals surface area (Å²) in [5.41, 5.74) is 1.15. The predicted octanol–water partition coefficient (Wildman–Crippen LogP) is 3.84. The van der Waals surface area contributed by atoms with Gasteiger partial charge in [-0.05, 0) is 46.1 Å². The van der Waals surface area contributed by atoms with Crippen molar-refractivity contribution in [2.75, 3.05) is 20.8 Å². The zero-order chi connectivity index (χ0) is 17.7. The Labute approximate surface area is 144 Å². The smallest absolute Gasteiger partial charge is 0.410 e. The Bertz CT molecular complexity index is 552. The molecular formula is C18H28N2O4. The SMILES string of the molecule is COC(OC)c1cccnc1C1CCCCN1C(=O)OC(C)(C)C. The Morgan fingerprint density at radius 3 is 2.62 bits per heavy atom. The molecule has 0 N–H and O–H groups in total. The van der Waals surface area contributed by atoms with Gasteiger partial charge in [-0.15, -0.1) is 0 Å². The lowest BCUT2D eigenvalue weighted by atomic mass is 9.96. The molecule has 1 aliphatic heterocycles. The van der Waals surface area contributed by atoms with Crippen molar-refractivity contribution in [1.29, 1.82) is 0 Å². The average Bonchev–Trinajstić information content (AvgIpc) is 2.55. The van der Waals surface area contributed by atoms with Crippen molar-refractivity contribution in [1.82, 2.24) is 9.88 Å². The van der Waals surface area contributed by atoms with Crippen LogP contribution in [0.15, 0.2) is 18.3 Å². The zero-order valence-electron chi connectivity index (χ0n) is 15.2. The highest BCUT2D eigenvalue weighted by Gasteiger charge is 2.34. The molecule has 0 radical (unpaired) electrons. The number of pyridine rings is 1. The fraction of sp³-hybridized carbons (Fsp3) is 0.667. The lowest BCUT2D eigenvalue weighted by Crippen LogP contribution is -2.42. The van der Waals surface area contributed by atoms with Gasteiger partial charge in [-0.1, -0.05) is 6.07 Å². The van der Waals surface area contributed by atoms with E-state index in [0.717, 1.165) is 30.5 Å². The first-order chi connectivity index (χ1) is 11.4. The second-order valence-electron chi connectivity index (χ2n) is 6.97. The minimum Gasteiger partial charge on any atom is -0.444 e. The third-order valence-electron chi connectivity index (χ3n) is 4.00. The first kappa shape index (κ1) is 18.7. The number of amides is 1. The van der Waals surface area contributed by atoms with Gasteiger partial charge in [0.1, 0.15) is 5.60 Å². The number of aromatic nitrogens is 1. The Morgan fingerprint density at radius 2 is 2.00 bits per heavy atom. The maximum absolute atomic E-state index is 12.6. The largest absolute Gasteiger partial charge is 0.444 e. The third kappa shape index (κ3) is 4.45. The average molecular weight is 336 g/mol.